The predicted molar refractivity (Wildman–Crippen MR) is 130 cm³/mol. The highest BCUT2D eigenvalue weighted by atomic mass is 32.1. The molecule has 0 spiro atoms. The zero-order chi connectivity index (χ0) is 23.9. The van der Waals surface area contributed by atoms with Gasteiger partial charge in [0.1, 0.15) is 11.1 Å². The number of nitrogens with zero attached hydrogens (tertiary/aromatic N) is 1. The first-order chi connectivity index (χ1) is 16.6. The minimum Gasteiger partial charge on any atom is -0.452 e. The highest BCUT2D eigenvalue weighted by molar-refractivity contribution is 7.16. The Morgan fingerprint density at radius 2 is 1.68 bits per heavy atom. The highest BCUT2D eigenvalue weighted by Crippen LogP contribution is 2.36. The van der Waals surface area contributed by atoms with Gasteiger partial charge in [-0.25, -0.2) is 4.79 Å². The van der Waals surface area contributed by atoms with Gasteiger partial charge < -0.3 is 15.4 Å². The van der Waals surface area contributed by atoms with Crippen LogP contribution >= 0.6 is 11.3 Å². The van der Waals surface area contributed by atoms with Crippen molar-refractivity contribution in [1.29, 1.82) is 5.26 Å². The summed E-state index contributed by atoms with van der Waals surface area (Å²) in [4.78, 5) is 38.8. The van der Waals surface area contributed by atoms with Gasteiger partial charge in [0.25, 0.3) is 11.8 Å². The molecular weight excluding hydrogens is 450 g/mol. The number of rotatable bonds is 6. The number of nitriles is 1. The van der Waals surface area contributed by atoms with Crippen molar-refractivity contribution < 1.29 is 19.1 Å². The first-order valence-corrected chi connectivity index (χ1v) is 11.9. The molecule has 0 atom stereocenters. The maximum atomic E-state index is 12.7. The summed E-state index contributed by atoms with van der Waals surface area (Å²) in [5, 5.41) is 15.5. The number of para-hydroxylation sites is 1. The second-order valence-corrected chi connectivity index (χ2v) is 8.98. The van der Waals surface area contributed by atoms with Crippen LogP contribution in [0.4, 0.5) is 10.7 Å². The third-order valence-corrected chi connectivity index (χ3v) is 6.76. The normalized spacial score (nSPS) is 12.6. The van der Waals surface area contributed by atoms with E-state index in [0.29, 0.717) is 16.1 Å². The second kappa shape index (κ2) is 10.8. The fourth-order valence-electron chi connectivity index (χ4n) is 3.87. The summed E-state index contributed by atoms with van der Waals surface area (Å²) < 4.78 is 5.21. The molecule has 7 nitrogen and oxygen atoms in total. The van der Waals surface area contributed by atoms with Crippen LogP contribution in [0.1, 0.15) is 56.0 Å². The molecular formula is C26H23N3O4S. The molecule has 0 saturated heterocycles. The molecule has 0 aliphatic heterocycles. The van der Waals surface area contributed by atoms with Crippen molar-refractivity contribution in [3.63, 3.8) is 0 Å². The van der Waals surface area contributed by atoms with Crippen molar-refractivity contribution in [2.24, 2.45) is 0 Å². The van der Waals surface area contributed by atoms with Crippen molar-refractivity contribution in [3.05, 3.63) is 81.7 Å². The Balaban J connectivity index is 1.40. The van der Waals surface area contributed by atoms with Gasteiger partial charge in [-0.05, 0) is 55.5 Å². The number of ether oxygens (including phenoxy) is 1. The Bertz CT molecular complexity index is 1260. The molecule has 0 radical (unpaired) electrons. The Kier molecular flexibility index (Phi) is 7.35. The molecule has 172 valence electrons. The third-order valence-electron chi connectivity index (χ3n) is 5.55. The van der Waals surface area contributed by atoms with Gasteiger partial charge >= 0.3 is 5.97 Å². The predicted octanol–water partition coefficient (Wildman–Crippen LogP) is 4.94. The third kappa shape index (κ3) is 5.33. The lowest BCUT2D eigenvalue weighted by Crippen LogP contribution is -2.22. The summed E-state index contributed by atoms with van der Waals surface area (Å²) in [5.41, 5.74) is 2.42. The topological polar surface area (TPSA) is 108 Å². The molecule has 8 heteroatoms. The van der Waals surface area contributed by atoms with Gasteiger partial charge in [-0.15, -0.1) is 11.3 Å². The fraction of sp³-hybridized carbons (Fsp3) is 0.231. The second-order valence-electron chi connectivity index (χ2n) is 7.87. The molecule has 1 aliphatic carbocycles. The van der Waals surface area contributed by atoms with Gasteiger partial charge in [0.05, 0.1) is 16.8 Å². The summed E-state index contributed by atoms with van der Waals surface area (Å²) in [6, 6.07) is 17.3. The van der Waals surface area contributed by atoms with Crippen molar-refractivity contribution in [1.82, 2.24) is 0 Å². The summed E-state index contributed by atoms with van der Waals surface area (Å²) in [5.74, 6) is -1.62. The van der Waals surface area contributed by atoms with Crippen LogP contribution in [-0.4, -0.2) is 24.4 Å². The average Bonchev–Trinajstić information content (AvgIpc) is 3.01. The Hall–Kier alpha value is -3.96. The summed E-state index contributed by atoms with van der Waals surface area (Å²) >= 11 is 1.42. The standard InChI is InChI=1S/C26H23N3O4S/c27-15-20-18-11-5-2-6-14-22(18)34-25(20)29-23(30)16-33-26(32)19-12-7-8-13-21(19)28-24(31)17-9-3-1-4-10-17/h1,3-4,7-10,12-13H,2,5-6,11,14,16H2,(H,28,31)(H,29,30). The van der Waals surface area contributed by atoms with Gasteiger partial charge in [-0.2, -0.15) is 5.26 Å². The van der Waals surface area contributed by atoms with E-state index in [2.05, 4.69) is 16.7 Å². The Morgan fingerprint density at radius 3 is 2.47 bits per heavy atom. The molecule has 0 bridgehead atoms. The molecule has 1 heterocycles. The van der Waals surface area contributed by atoms with E-state index in [0.717, 1.165) is 42.5 Å². The SMILES string of the molecule is N#Cc1c(NC(=O)COC(=O)c2ccccc2NC(=O)c2ccccc2)sc2c1CCCCC2. The number of thiophene rings is 1. The minimum absolute atomic E-state index is 0.139. The Labute approximate surface area is 201 Å². The first-order valence-electron chi connectivity index (χ1n) is 11.0. The number of amides is 2. The number of carbonyl (C=O) groups is 3. The lowest BCUT2D eigenvalue weighted by molar-refractivity contribution is -0.119. The molecule has 2 aromatic carbocycles. The quantitative estimate of drug-likeness (QED) is 0.390. The number of hydrogen-bond donors (Lipinski definition) is 2. The maximum absolute atomic E-state index is 12.7. The molecule has 1 aliphatic rings. The summed E-state index contributed by atoms with van der Waals surface area (Å²) in [6.45, 7) is -0.507. The molecule has 3 aromatic rings. The van der Waals surface area contributed by atoms with Crippen molar-refractivity contribution in [2.45, 2.75) is 32.1 Å². The smallest absolute Gasteiger partial charge is 0.340 e. The molecule has 1 aromatic heterocycles. The number of fused-ring (bicyclic) bond motifs is 1. The van der Waals surface area contributed by atoms with Crippen LogP contribution < -0.4 is 10.6 Å². The van der Waals surface area contributed by atoms with E-state index in [1.54, 1.807) is 48.5 Å². The van der Waals surface area contributed by atoms with Crippen LogP contribution in [0.2, 0.25) is 0 Å². The lowest BCUT2D eigenvalue weighted by atomic mass is 10.1. The van der Waals surface area contributed by atoms with Gasteiger partial charge in [0.15, 0.2) is 6.61 Å². The van der Waals surface area contributed by atoms with E-state index in [4.69, 9.17) is 4.74 Å². The zero-order valence-corrected chi connectivity index (χ0v) is 19.2. The molecule has 0 saturated carbocycles. The number of hydrogen-bond acceptors (Lipinski definition) is 6. The van der Waals surface area contributed by atoms with E-state index in [9.17, 15) is 19.6 Å². The summed E-state index contributed by atoms with van der Waals surface area (Å²) in [6.07, 6.45) is 4.99. The van der Waals surface area contributed by atoms with E-state index in [1.165, 1.54) is 17.4 Å². The number of nitrogens with one attached hydrogen (secondary N) is 2. The monoisotopic (exact) mass is 473 g/mol. The van der Waals surface area contributed by atoms with Gasteiger partial charge in [-0.3, -0.25) is 9.59 Å². The maximum Gasteiger partial charge on any atom is 0.340 e. The van der Waals surface area contributed by atoms with E-state index in [-0.39, 0.29) is 17.2 Å². The number of carbonyl (C=O) groups excluding carboxylic acids is 3. The molecule has 4 rings (SSSR count). The molecule has 0 unspecified atom stereocenters. The van der Waals surface area contributed by atoms with Crippen LogP contribution in [0.5, 0.6) is 0 Å². The first kappa shape index (κ1) is 23.2. The van der Waals surface area contributed by atoms with E-state index in [1.807, 2.05) is 0 Å². The largest absolute Gasteiger partial charge is 0.452 e. The van der Waals surface area contributed by atoms with Crippen LogP contribution in [0, 0.1) is 11.3 Å². The zero-order valence-electron chi connectivity index (χ0n) is 18.4. The van der Waals surface area contributed by atoms with Crippen molar-refractivity contribution in [2.75, 3.05) is 17.2 Å². The molecule has 0 fully saturated rings. The number of aryl methyl sites for hydroxylation is 1. The number of benzene rings is 2. The van der Waals surface area contributed by atoms with Crippen LogP contribution in [0.3, 0.4) is 0 Å². The van der Waals surface area contributed by atoms with Crippen LogP contribution in [0.25, 0.3) is 0 Å². The van der Waals surface area contributed by atoms with Crippen LogP contribution in [0.15, 0.2) is 54.6 Å². The summed E-state index contributed by atoms with van der Waals surface area (Å²) in [7, 11) is 0. The Morgan fingerprint density at radius 1 is 0.941 bits per heavy atom. The van der Waals surface area contributed by atoms with Crippen LogP contribution in [-0.2, 0) is 22.4 Å². The number of anilines is 2. The van der Waals surface area contributed by atoms with Gasteiger partial charge in [0, 0.05) is 10.4 Å². The van der Waals surface area contributed by atoms with Gasteiger partial charge in [0.2, 0.25) is 0 Å². The number of esters is 1. The van der Waals surface area contributed by atoms with E-state index >= 15 is 0 Å². The molecule has 2 N–H and O–H groups in total. The highest BCUT2D eigenvalue weighted by Gasteiger charge is 2.22. The molecule has 2 amide bonds. The van der Waals surface area contributed by atoms with Crippen molar-refractivity contribution in [3.8, 4) is 6.07 Å². The average molecular weight is 474 g/mol. The van der Waals surface area contributed by atoms with Crippen molar-refractivity contribution >= 4 is 39.8 Å². The minimum atomic E-state index is -0.735. The molecule has 34 heavy (non-hydrogen) atoms. The van der Waals surface area contributed by atoms with Gasteiger partial charge in [-0.1, -0.05) is 36.8 Å². The lowest BCUT2D eigenvalue weighted by Gasteiger charge is -2.11. The van der Waals surface area contributed by atoms with E-state index < -0.39 is 18.5 Å². The fourth-order valence-corrected chi connectivity index (χ4v) is 5.13.